The minimum absolute atomic E-state index is 0. The van der Waals surface area contributed by atoms with Crippen molar-refractivity contribution in [1.82, 2.24) is 0 Å². The van der Waals surface area contributed by atoms with Crippen molar-refractivity contribution in [3.63, 3.8) is 0 Å². The summed E-state index contributed by atoms with van der Waals surface area (Å²) in [6, 6.07) is 7.46. The second kappa shape index (κ2) is 5.26. The summed E-state index contributed by atoms with van der Waals surface area (Å²) in [5, 5.41) is 0. The average molecular weight is 259 g/mol. The molecule has 0 radical (unpaired) electrons. The molecule has 7 heteroatoms. The molecule has 6 nitrogen and oxygen atoms in total. The highest BCUT2D eigenvalue weighted by molar-refractivity contribution is 7.85. The van der Waals surface area contributed by atoms with Gasteiger partial charge >= 0.3 is 5.89 Å². The molecule has 2 aromatic rings. The maximum atomic E-state index is 10.5. The van der Waals surface area contributed by atoms with Crippen molar-refractivity contribution in [3.8, 4) is 0 Å². The van der Waals surface area contributed by atoms with Crippen molar-refractivity contribution in [2.24, 2.45) is 0 Å². The molecule has 0 saturated carbocycles. The van der Waals surface area contributed by atoms with Gasteiger partial charge in [0.05, 0.1) is 12.2 Å². The number of nitrogens with one attached hydrogen (secondary N) is 1. The van der Waals surface area contributed by atoms with Crippen LogP contribution in [0.4, 0.5) is 0 Å². The number of para-hydroxylation sites is 2. The van der Waals surface area contributed by atoms with E-state index in [9.17, 15) is 8.42 Å². The highest BCUT2D eigenvalue weighted by atomic mass is 32.2. The van der Waals surface area contributed by atoms with Gasteiger partial charge in [-0.3, -0.25) is 4.55 Å². The quantitative estimate of drug-likeness (QED) is 0.819. The van der Waals surface area contributed by atoms with Crippen LogP contribution in [0.25, 0.3) is 11.1 Å². The van der Waals surface area contributed by atoms with Crippen molar-refractivity contribution < 1.29 is 27.8 Å². The molecule has 0 bridgehead atoms. The second-order valence-corrected chi connectivity index (χ2v) is 5.11. The first-order valence-electron chi connectivity index (χ1n) is 4.89. The Kier molecular flexibility index (Phi) is 4.22. The molecule has 0 spiro atoms. The Balaban J connectivity index is 0.00000144. The Hall–Kier alpha value is -1.44. The molecular formula is C10H13NO5S. The number of aryl methyl sites for hydroxylation is 1. The molecule has 0 amide bonds. The predicted octanol–water partition coefficient (Wildman–Crippen LogP) is 0.890. The van der Waals surface area contributed by atoms with E-state index in [0.717, 1.165) is 11.1 Å². The standard InChI is InChI=1S/C10H11NO4S.H2O/c12-16(13,14)7-3-6-10-11-8-4-1-2-5-9(8)15-10;/h1-2,4-5H,3,6-7H2,(H,12,13,14);1H2. The van der Waals surface area contributed by atoms with Crippen LogP contribution in [0, 0.1) is 0 Å². The number of hydrogen-bond acceptors (Lipinski definition) is 4. The highest BCUT2D eigenvalue weighted by Gasteiger charge is 2.13. The van der Waals surface area contributed by atoms with Gasteiger partial charge in [0, 0.05) is 6.07 Å². The van der Waals surface area contributed by atoms with E-state index in [-0.39, 0.29) is 11.2 Å². The lowest BCUT2D eigenvalue weighted by Gasteiger charge is -1.91. The molecule has 2 rings (SSSR count). The van der Waals surface area contributed by atoms with Crippen LogP contribution in [0.5, 0.6) is 0 Å². The third kappa shape index (κ3) is 3.81. The largest absolute Gasteiger partial charge is 0.870 e. The summed E-state index contributed by atoms with van der Waals surface area (Å²) in [4.78, 5) is 3.04. The van der Waals surface area contributed by atoms with Gasteiger partial charge in [0.1, 0.15) is 0 Å². The zero-order chi connectivity index (χ0) is 11.6. The Morgan fingerprint density at radius 2 is 2.00 bits per heavy atom. The number of benzene rings is 1. The molecular weight excluding hydrogens is 246 g/mol. The SMILES string of the molecule is O=S(=O)(O)CCCc1[nH+]c2ccccc2o1.[OH-]. The minimum Gasteiger partial charge on any atom is -0.870 e. The van der Waals surface area contributed by atoms with E-state index in [4.69, 9.17) is 8.97 Å². The van der Waals surface area contributed by atoms with Gasteiger partial charge in [0.2, 0.25) is 11.1 Å². The average Bonchev–Trinajstić information content (AvgIpc) is 2.57. The fourth-order valence-corrected chi connectivity index (χ4v) is 2.01. The van der Waals surface area contributed by atoms with Crippen molar-refractivity contribution in [2.75, 3.05) is 5.75 Å². The van der Waals surface area contributed by atoms with Crippen molar-refractivity contribution in [2.45, 2.75) is 12.8 Å². The number of H-pyrrole nitrogens is 1. The molecule has 17 heavy (non-hydrogen) atoms. The van der Waals surface area contributed by atoms with Crippen LogP contribution in [0.2, 0.25) is 0 Å². The summed E-state index contributed by atoms with van der Waals surface area (Å²) in [7, 11) is -3.88. The van der Waals surface area contributed by atoms with Gasteiger partial charge in [-0.15, -0.1) is 0 Å². The van der Waals surface area contributed by atoms with Crippen molar-refractivity contribution in [1.29, 1.82) is 0 Å². The Morgan fingerprint density at radius 3 is 2.65 bits per heavy atom. The molecule has 0 unspecified atom stereocenters. The predicted molar refractivity (Wildman–Crippen MR) is 59.4 cm³/mol. The van der Waals surface area contributed by atoms with Gasteiger partial charge in [-0.1, -0.05) is 12.1 Å². The van der Waals surface area contributed by atoms with Crippen LogP contribution in [0.1, 0.15) is 12.3 Å². The number of rotatable bonds is 4. The lowest BCUT2D eigenvalue weighted by Crippen LogP contribution is -2.09. The van der Waals surface area contributed by atoms with Gasteiger partial charge in [0.15, 0.2) is 0 Å². The number of oxazole rings is 1. The molecule has 0 fully saturated rings. The Bertz CT molecular complexity index is 557. The fourth-order valence-electron chi connectivity index (χ4n) is 1.50. The monoisotopic (exact) mass is 259 g/mol. The summed E-state index contributed by atoms with van der Waals surface area (Å²) in [5.41, 5.74) is 1.62. The van der Waals surface area contributed by atoms with E-state index < -0.39 is 10.1 Å². The van der Waals surface area contributed by atoms with Crippen LogP contribution >= 0.6 is 0 Å². The summed E-state index contributed by atoms with van der Waals surface area (Å²) >= 11 is 0. The summed E-state index contributed by atoms with van der Waals surface area (Å²) < 4.78 is 35.0. The van der Waals surface area contributed by atoms with E-state index >= 15 is 0 Å². The number of aromatic nitrogens is 1. The Labute approximate surface area is 98.3 Å². The molecule has 1 heterocycles. The van der Waals surface area contributed by atoms with E-state index in [1.807, 2.05) is 24.3 Å². The van der Waals surface area contributed by atoms with Crippen molar-refractivity contribution >= 4 is 21.2 Å². The van der Waals surface area contributed by atoms with Gasteiger partial charge in [0.25, 0.3) is 10.1 Å². The van der Waals surface area contributed by atoms with Crippen LogP contribution in [0.15, 0.2) is 28.7 Å². The molecule has 0 aliphatic rings. The number of fused-ring (bicyclic) bond motifs is 1. The first-order chi connectivity index (χ1) is 7.54. The van der Waals surface area contributed by atoms with Gasteiger partial charge in [-0.2, -0.15) is 13.4 Å². The van der Waals surface area contributed by atoms with Crippen LogP contribution in [-0.2, 0) is 16.5 Å². The topological polar surface area (TPSA) is 112 Å². The van der Waals surface area contributed by atoms with E-state index in [0.29, 0.717) is 18.7 Å². The third-order valence-corrected chi connectivity index (χ3v) is 3.01. The lowest BCUT2D eigenvalue weighted by atomic mass is 10.3. The molecule has 3 N–H and O–H groups in total. The molecule has 0 aliphatic carbocycles. The fraction of sp³-hybridized carbons (Fsp3) is 0.300. The van der Waals surface area contributed by atoms with Gasteiger partial charge in [-0.25, -0.2) is 0 Å². The second-order valence-electron chi connectivity index (χ2n) is 3.54. The maximum absolute atomic E-state index is 10.5. The minimum atomic E-state index is -3.88. The van der Waals surface area contributed by atoms with Crippen LogP contribution in [0.3, 0.4) is 0 Å². The third-order valence-electron chi connectivity index (χ3n) is 2.20. The summed E-state index contributed by atoms with van der Waals surface area (Å²) in [6.45, 7) is 0. The molecule has 1 aromatic carbocycles. The summed E-state index contributed by atoms with van der Waals surface area (Å²) in [6.07, 6.45) is 0.781. The molecule has 0 atom stereocenters. The molecule has 0 aliphatic heterocycles. The number of hydrogen-bond donors (Lipinski definition) is 1. The zero-order valence-electron chi connectivity index (χ0n) is 8.96. The van der Waals surface area contributed by atoms with E-state index in [1.54, 1.807) is 0 Å². The smallest absolute Gasteiger partial charge is 0.346 e. The lowest BCUT2D eigenvalue weighted by molar-refractivity contribution is -0.368. The zero-order valence-corrected chi connectivity index (χ0v) is 9.77. The van der Waals surface area contributed by atoms with Gasteiger partial charge < -0.3 is 9.89 Å². The normalized spacial score (nSPS) is 11.4. The Morgan fingerprint density at radius 1 is 1.29 bits per heavy atom. The molecule has 94 valence electrons. The molecule has 0 saturated heterocycles. The van der Waals surface area contributed by atoms with E-state index in [2.05, 4.69) is 4.98 Å². The van der Waals surface area contributed by atoms with Crippen LogP contribution < -0.4 is 4.98 Å². The molecule has 1 aromatic heterocycles. The summed E-state index contributed by atoms with van der Waals surface area (Å²) in [5.74, 6) is 0.364. The first kappa shape index (κ1) is 13.6. The van der Waals surface area contributed by atoms with E-state index in [1.165, 1.54) is 0 Å². The van der Waals surface area contributed by atoms with Gasteiger partial charge in [-0.05, 0) is 12.5 Å². The first-order valence-corrected chi connectivity index (χ1v) is 6.50. The number of aromatic amines is 1. The van der Waals surface area contributed by atoms with Crippen molar-refractivity contribution in [3.05, 3.63) is 30.2 Å². The van der Waals surface area contributed by atoms with Crippen LogP contribution in [-0.4, -0.2) is 24.2 Å². The highest BCUT2D eigenvalue weighted by Crippen LogP contribution is 2.11. The maximum Gasteiger partial charge on any atom is 0.346 e.